The number of carbonyl (C=O) groups is 1. The zero-order chi connectivity index (χ0) is 26.8. The molecule has 0 spiro atoms. The number of anilines is 2. The number of hydrogen-bond acceptors (Lipinski definition) is 5. The summed E-state index contributed by atoms with van der Waals surface area (Å²) in [6.07, 6.45) is 0. The van der Waals surface area contributed by atoms with E-state index in [1.54, 1.807) is 16.8 Å². The van der Waals surface area contributed by atoms with Gasteiger partial charge in [-0.15, -0.1) is 5.10 Å². The van der Waals surface area contributed by atoms with Gasteiger partial charge in [-0.2, -0.15) is 4.98 Å². The maximum Gasteiger partial charge on any atom is 0.255 e. The van der Waals surface area contributed by atoms with E-state index in [2.05, 4.69) is 41.6 Å². The summed E-state index contributed by atoms with van der Waals surface area (Å²) in [6.45, 7) is 6.14. The minimum atomic E-state index is -0.505. The molecule has 0 bridgehead atoms. The second-order valence-electron chi connectivity index (χ2n) is 9.36. The molecule has 0 saturated heterocycles. The number of rotatable bonds is 7. The summed E-state index contributed by atoms with van der Waals surface area (Å²) in [6, 6.07) is 21.7. The van der Waals surface area contributed by atoms with Crippen LogP contribution in [0.5, 0.6) is 0 Å². The Morgan fingerprint density at radius 3 is 2.53 bits per heavy atom. The van der Waals surface area contributed by atoms with E-state index >= 15 is 0 Å². The molecular formula is C29H27ClFN5OS. The lowest BCUT2D eigenvalue weighted by Crippen LogP contribution is -2.31. The van der Waals surface area contributed by atoms with Gasteiger partial charge in [-0.1, -0.05) is 85.7 Å². The first kappa shape index (κ1) is 26.0. The van der Waals surface area contributed by atoms with Crippen LogP contribution in [0.4, 0.5) is 16.0 Å². The van der Waals surface area contributed by atoms with Gasteiger partial charge in [-0.3, -0.25) is 4.79 Å². The van der Waals surface area contributed by atoms with Crippen molar-refractivity contribution in [3.63, 3.8) is 0 Å². The van der Waals surface area contributed by atoms with Crippen molar-refractivity contribution in [1.29, 1.82) is 0 Å². The molecule has 0 fully saturated rings. The lowest BCUT2D eigenvalue weighted by molar-refractivity contribution is -0.113. The van der Waals surface area contributed by atoms with Crippen LogP contribution in [-0.2, 0) is 10.5 Å². The first-order valence-corrected chi connectivity index (χ1v) is 13.6. The van der Waals surface area contributed by atoms with Crippen LogP contribution in [0.3, 0.4) is 0 Å². The molecular weight excluding hydrogens is 521 g/mol. The van der Waals surface area contributed by atoms with E-state index in [9.17, 15) is 9.18 Å². The maximum atomic E-state index is 14.3. The van der Waals surface area contributed by atoms with Crippen LogP contribution in [0.2, 0.25) is 5.02 Å². The van der Waals surface area contributed by atoms with Crippen molar-refractivity contribution in [3.8, 4) is 0 Å². The molecule has 1 aromatic heterocycles. The van der Waals surface area contributed by atoms with Crippen LogP contribution in [0.15, 0.2) is 89.2 Å². The Morgan fingerprint density at radius 2 is 1.84 bits per heavy atom. The number of aromatic nitrogens is 3. The Kier molecular flexibility index (Phi) is 7.53. The van der Waals surface area contributed by atoms with Crippen LogP contribution in [0.1, 0.15) is 49.4 Å². The van der Waals surface area contributed by atoms with E-state index in [1.807, 2.05) is 49.4 Å². The summed E-state index contributed by atoms with van der Waals surface area (Å²) in [5.41, 5.74) is 4.44. The van der Waals surface area contributed by atoms with Crippen molar-refractivity contribution in [2.24, 2.45) is 0 Å². The normalized spacial score (nSPS) is 14.8. The minimum absolute atomic E-state index is 0.229. The second-order valence-corrected chi connectivity index (χ2v) is 10.7. The Balaban J connectivity index is 1.51. The molecule has 2 heterocycles. The van der Waals surface area contributed by atoms with Gasteiger partial charge in [0.25, 0.3) is 5.91 Å². The van der Waals surface area contributed by atoms with Gasteiger partial charge in [0.2, 0.25) is 11.1 Å². The first-order valence-electron chi connectivity index (χ1n) is 12.3. The van der Waals surface area contributed by atoms with Crippen molar-refractivity contribution in [2.45, 2.75) is 43.6 Å². The van der Waals surface area contributed by atoms with E-state index in [0.717, 1.165) is 5.56 Å². The highest BCUT2D eigenvalue weighted by atomic mass is 35.5. The number of allylic oxidation sites excluding steroid dienone is 1. The molecule has 1 aliphatic heterocycles. The average Bonchev–Trinajstić information content (AvgIpc) is 3.30. The molecule has 1 aliphatic rings. The maximum absolute atomic E-state index is 14.3. The summed E-state index contributed by atoms with van der Waals surface area (Å²) in [5.74, 6) is 0.570. The van der Waals surface area contributed by atoms with Gasteiger partial charge in [-0.25, -0.2) is 9.07 Å². The quantitative estimate of drug-likeness (QED) is 0.236. The van der Waals surface area contributed by atoms with Gasteiger partial charge in [0.15, 0.2) is 0 Å². The van der Waals surface area contributed by atoms with E-state index in [1.165, 1.54) is 23.4 Å². The molecule has 0 radical (unpaired) electrons. The van der Waals surface area contributed by atoms with Gasteiger partial charge in [0.05, 0.1) is 5.57 Å². The van der Waals surface area contributed by atoms with Gasteiger partial charge >= 0.3 is 0 Å². The topological polar surface area (TPSA) is 71.8 Å². The molecule has 38 heavy (non-hydrogen) atoms. The number of nitrogens with zero attached hydrogens (tertiary/aromatic N) is 3. The highest BCUT2D eigenvalue weighted by Gasteiger charge is 2.34. The van der Waals surface area contributed by atoms with E-state index in [-0.39, 0.29) is 17.5 Å². The molecule has 1 amide bonds. The molecule has 9 heteroatoms. The monoisotopic (exact) mass is 547 g/mol. The second kappa shape index (κ2) is 11.0. The van der Waals surface area contributed by atoms with Crippen molar-refractivity contribution in [2.75, 3.05) is 10.6 Å². The SMILES string of the molecule is CC1=C(C(=O)Nc2ccccc2)[C@H](c2ccc(C(C)C)cc2)n2nc(SCc3c(F)cccc3Cl)nc2N1. The Morgan fingerprint density at radius 1 is 1.11 bits per heavy atom. The van der Waals surface area contributed by atoms with Gasteiger partial charge < -0.3 is 10.6 Å². The van der Waals surface area contributed by atoms with E-state index in [4.69, 9.17) is 16.7 Å². The third-order valence-electron chi connectivity index (χ3n) is 6.44. The zero-order valence-corrected chi connectivity index (χ0v) is 22.8. The Labute approximate surface area is 230 Å². The third kappa shape index (κ3) is 5.33. The van der Waals surface area contributed by atoms with Crippen molar-refractivity contribution < 1.29 is 9.18 Å². The molecule has 0 saturated carbocycles. The summed E-state index contributed by atoms with van der Waals surface area (Å²) < 4.78 is 16.0. The molecule has 3 aromatic carbocycles. The van der Waals surface area contributed by atoms with Gasteiger partial charge in [-0.05, 0) is 48.2 Å². The number of fused-ring (bicyclic) bond motifs is 1. The standard InChI is InChI=1S/C29H27ClFN5OS/c1-17(2)19-12-14-20(15-13-19)26-25(27(37)33-21-8-5-4-6-9-21)18(3)32-28-34-29(35-36(26)28)38-16-22-23(30)10-7-11-24(22)31/h4-15,17,26H,16H2,1-3H3,(H,33,37)(H,32,34,35)/t26-/m0/s1. The molecule has 1 atom stereocenters. The van der Waals surface area contributed by atoms with Crippen molar-refractivity contribution in [1.82, 2.24) is 14.8 Å². The lowest BCUT2D eigenvalue weighted by atomic mass is 9.93. The predicted molar refractivity (Wildman–Crippen MR) is 151 cm³/mol. The van der Waals surface area contributed by atoms with Crippen molar-refractivity contribution >= 4 is 40.9 Å². The van der Waals surface area contributed by atoms with Gasteiger partial charge in [0, 0.05) is 27.7 Å². The van der Waals surface area contributed by atoms with Crippen LogP contribution >= 0.6 is 23.4 Å². The molecule has 5 rings (SSSR count). The number of thioether (sulfide) groups is 1. The number of halogens is 2. The fourth-order valence-electron chi connectivity index (χ4n) is 4.38. The molecule has 194 valence electrons. The Hall–Kier alpha value is -3.62. The fourth-order valence-corrected chi connectivity index (χ4v) is 5.56. The van der Waals surface area contributed by atoms with Crippen molar-refractivity contribution in [3.05, 3.63) is 112 Å². The highest BCUT2D eigenvalue weighted by Crippen LogP contribution is 2.38. The largest absolute Gasteiger partial charge is 0.328 e. The van der Waals surface area contributed by atoms with Crippen LogP contribution in [-0.4, -0.2) is 20.7 Å². The molecule has 4 aromatic rings. The first-order chi connectivity index (χ1) is 18.3. The number of nitrogens with one attached hydrogen (secondary N) is 2. The van der Waals surface area contributed by atoms with Crippen LogP contribution < -0.4 is 10.6 Å². The summed E-state index contributed by atoms with van der Waals surface area (Å²) in [4.78, 5) is 18.3. The number of carbonyl (C=O) groups excluding carboxylic acids is 1. The predicted octanol–water partition coefficient (Wildman–Crippen LogP) is 7.41. The smallest absolute Gasteiger partial charge is 0.255 e. The molecule has 0 unspecified atom stereocenters. The number of amides is 1. The molecule has 2 N–H and O–H groups in total. The Bertz CT molecular complexity index is 1480. The number of hydrogen-bond donors (Lipinski definition) is 2. The van der Waals surface area contributed by atoms with Crippen LogP contribution in [0, 0.1) is 5.82 Å². The van der Waals surface area contributed by atoms with E-state index < -0.39 is 6.04 Å². The number of para-hydroxylation sites is 1. The molecule has 6 nitrogen and oxygen atoms in total. The zero-order valence-electron chi connectivity index (χ0n) is 21.2. The van der Waals surface area contributed by atoms with E-state index in [0.29, 0.717) is 44.6 Å². The summed E-state index contributed by atoms with van der Waals surface area (Å²) >= 11 is 7.50. The summed E-state index contributed by atoms with van der Waals surface area (Å²) in [5, 5.41) is 11.8. The summed E-state index contributed by atoms with van der Waals surface area (Å²) in [7, 11) is 0. The third-order valence-corrected chi connectivity index (χ3v) is 7.65. The average molecular weight is 548 g/mol. The number of benzene rings is 3. The molecule has 0 aliphatic carbocycles. The minimum Gasteiger partial charge on any atom is -0.328 e. The lowest BCUT2D eigenvalue weighted by Gasteiger charge is -2.29. The highest BCUT2D eigenvalue weighted by molar-refractivity contribution is 7.98. The van der Waals surface area contributed by atoms with Gasteiger partial charge in [0.1, 0.15) is 11.9 Å². The fraction of sp³-hybridized carbons (Fsp3) is 0.207. The van der Waals surface area contributed by atoms with Crippen LogP contribution in [0.25, 0.3) is 0 Å².